The van der Waals surface area contributed by atoms with Crippen molar-refractivity contribution in [2.75, 3.05) is 5.32 Å². The summed E-state index contributed by atoms with van der Waals surface area (Å²) in [6, 6.07) is 8.03. The molecule has 1 aromatic heterocycles. The van der Waals surface area contributed by atoms with Gasteiger partial charge in [0, 0.05) is 4.47 Å². The first-order chi connectivity index (χ1) is 8.58. The van der Waals surface area contributed by atoms with Crippen LogP contribution in [0.2, 0.25) is 0 Å². The normalized spacial score (nSPS) is 12.2. The number of nitrogens with one attached hydrogen (secondary N) is 2. The Bertz CT molecular complexity index is 612. The molecule has 94 valence electrons. The Labute approximate surface area is 121 Å². The van der Waals surface area contributed by atoms with Crippen molar-refractivity contribution in [2.45, 2.75) is 13.0 Å². The second kappa shape index (κ2) is 5.67. The number of aromatic amines is 1. The Balaban J connectivity index is 2.24. The molecule has 0 aliphatic heterocycles. The van der Waals surface area contributed by atoms with Crippen molar-refractivity contribution in [1.82, 2.24) is 9.97 Å². The van der Waals surface area contributed by atoms with Gasteiger partial charge in [0.15, 0.2) is 0 Å². The van der Waals surface area contributed by atoms with Gasteiger partial charge < -0.3 is 10.3 Å². The highest BCUT2D eigenvalue weighted by Gasteiger charge is 2.10. The van der Waals surface area contributed by atoms with E-state index in [1.165, 1.54) is 6.33 Å². The molecule has 4 nitrogen and oxygen atoms in total. The van der Waals surface area contributed by atoms with E-state index in [0.717, 1.165) is 10.0 Å². The lowest BCUT2D eigenvalue weighted by molar-refractivity contribution is 0.866. The van der Waals surface area contributed by atoms with E-state index in [2.05, 4.69) is 47.1 Å². The summed E-state index contributed by atoms with van der Waals surface area (Å²) in [7, 11) is 0. The molecule has 18 heavy (non-hydrogen) atoms. The summed E-state index contributed by atoms with van der Waals surface area (Å²) in [5.74, 6) is 0.534. The molecule has 6 heteroatoms. The van der Waals surface area contributed by atoms with Gasteiger partial charge in [0.1, 0.15) is 10.3 Å². The van der Waals surface area contributed by atoms with E-state index in [0.29, 0.717) is 10.3 Å². The molecule has 1 atom stereocenters. The molecule has 0 bridgehead atoms. The molecule has 1 aromatic carbocycles. The van der Waals surface area contributed by atoms with Gasteiger partial charge in [0.2, 0.25) is 0 Å². The number of rotatable bonds is 3. The van der Waals surface area contributed by atoms with Crippen molar-refractivity contribution in [3.63, 3.8) is 0 Å². The predicted octanol–water partition coefficient (Wildman–Crippen LogP) is 3.47. The summed E-state index contributed by atoms with van der Waals surface area (Å²) in [6.45, 7) is 2.01. The van der Waals surface area contributed by atoms with Gasteiger partial charge in [-0.05, 0) is 40.5 Å². The van der Waals surface area contributed by atoms with E-state index < -0.39 is 0 Å². The van der Waals surface area contributed by atoms with Crippen LogP contribution >= 0.6 is 31.9 Å². The van der Waals surface area contributed by atoms with Crippen LogP contribution < -0.4 is 10.9 Å². The van der Waals surface area contributed by atoms with Crippen molar-refractivity contribution in [1.29, 1.82) is 0 Å². The Kier molecular flexibility index (Phi) is 4.19. The number of hydrogen-bond acceptors (Lipinski definition) is 3. The van der Waals surface area contributed by atoms with Crippen molar-refractivity contribution in [3.8, 4) is 0 Å². The van der Waals surface area contributed by atoms with Crippen LogP contribution in [0.15, 0.2) is 44.3 Å². The van der Waals surface area contributed by atoms with Crippen LogP contribution in [-0.4, -0.2) is 9.97 Å². The van der Waals surface area contributed by atoms with E-state index in [9.17, 15) is 4.79 Å². The molecule has 1 heterocycles. The van der Waals surface area contributed by atoms with Gasteiger partial charge in [0.25, 0.3) is 5.56 Å². The maximum absolute atomic E-state index is 11.4. The molecule has 0 saturated heterocycles. The zero-order valence-electron chi connectivity index (χ0n) is 9.58. The zero-order chi connectivity index (χ0) is 13.1. The summed E-state index contributed by atoms with van der Waals surface area (Å²) in [4.78, 5) is 18.0. The van der Waals surface area contributed by atoms with Crippen LogP contribution in [0.5, 0.6) is 0 Å². The topological polar surface area (TPSA) is 57.8 Å². The smallest absolute Gasteiger partial charge is 0.267 e. The first-order valence-electron chi connectivity index (χ1n) is 5.33. The lowest BCUT2D eigenvalue weighted by Gasteiger charge is -2.15. The summed E-state index contributed by atoms with van der Waals surface area (Å²) in [5, 5.41) is 3.20. The Hall–Kier alpha value is -1.14. The van der Waals surface area contributed by atoms with Crippen LogP contribution in [0.1, 0.15) is 18.5 Å². The van der Waals surface area contributed by atoms with Crippen LogP contribution in [-0.2, 0) is 0 Å². The van der Waals surface area contributed by atoms with E-state index in [4.69, 9.17) is 0 Å². The van der Waals surface area contributed by atoms with Crippen molar-refractivity contribution >= 4 is 37.7 Å². The van der Waals surface area contributed by atoms with Gasteiger partial charge >= 0.3 is 0 Å². The standard InChI is InChI=1S/C12H11Br2N3O/c1-7(8-3-2-4-9(13)5-8)17-11-10(14)12(18)16-6-15-11/h2-7H,1H3,(H2,15,16,17,18). The largest absolute Gasteiger partial charge is 0.362 e. The van der Waals surface area contributed by atoms with E-state index in [1.54, 1.807) is 0 Å². The second-order valence-electron chi connectivity index (χ2n) is 3.82. The molecule has 0 aliphatic rings. The summed E-state index contributed by atoms with van der Waals surface area (Å²) < 4.78 is 1.43. The summed E-state index contributed by atoms with van der Waals surface area (Å²) in [6.07, 6.45) is 1.38. The van der Waals surface area contributed by atoms with Crippen molar-refractivity contribution in [2.24, 2.45) is 0 Å². The number of aromatic nitrogens is 2. The summed E-state index contributed by atoms with van der Waals surface area (Å²) in [5.41, 5.74) is 0.910. The van der Waals surface area contributed by atoms with Crippen LogP contribution in [0.3, 0.4) is 0 Å². The van der Waals surface area contributed by atoms with E-state index in [-0.39, 0.29) is 11.6 Å². The minimum Gasteiger partial charge on any atom is -0.362 e. The lowest BCUT2D eigenvalue weighted by atomic mass is 10.1. The van der Waals surface area contributed by atoms with Gasteiger partial charge in [-0.3, -0.25) is 4.79 Å². The Morgan fingerprint density at radius 3 is 2.89 bits per heavy atom. The van der Waals surface area contributed by atoms with Gasteiger partial charge in [-0.2, -0.15) is 0 Å². The minimum absolute atomic E-state index is 0.0492. The number of hydrogen-bond donors (Lipinski definition) is 2. The molecule has 0 amide bonds. The molecule has 1 unspecified atom stereocenters. The second-order valence-corrected chi connectivity index (χ2v) is 5.52. The van der Waals surface area contributed by atoms with Crippen LogP contribution in [0.4, 0.5) is 5.82 Å². The highest BCUT2D eigenvalue weighted by atomic mass is 79.9. The third-order valence-corrected chi connectivity index (χ3v) is 3.73. The molecule has 0 fully saturated rings. The minimum atomic E-state index is -0.200. The fourth-order valence-corrected chi connectivity index (χ4v) is 2.30. The third kappa shape index (κ3) is 3.00. The first kappa shape index (κ1) is 13.3. The van der Waals surface area contributed by atoms with Crippen molar-refractivity contribution in [3.05, 3.63) is 55.5 Å². The average molecular weight is 373 g/mol. The van der Waals surface area contributed by atoms with E-state index in [1.807, 2.05) is 31.2 Å². The molecule has 0 saturated carbocycles. The Morgan fingerprint density at radius 2 is 2.17 bits per heavy atom. The summed E-state index contributed by atoms with van der Waals surface area (Å²) >= 11 is 6.65. The van der Waals surface area contributed by atoms with Crippen LogP contribution in [0.25, 0.3) is 0 Å². The number of H-pyrrole nitrogens is 1. The maximum atomic E-state index is 11.4. The van der Waals surface area contributed by atoms with Gasteiger partial charge in [-0.25, -0.2) is 4.98 Å². The number of anilines is 1. The first-order valence-corrected chi connectivity index (χ1v) is 6.91. The van der Waals surface area contributed by atoms with Gasteiger partial charge in [0.05, 0.1) is 12.4 Å². The van der Waals surface area contributed by atoms with Crippen LogP contribution in [0, 0.1) is 0 Å². The van der Waals surface area contributed by atoms with E-state index >= 15 is 0 Å². The monoisotopic (exact) mass is 371 g/mol. The third-order valence-electron chi connectivity index (χ3n) is 2.50. The highest BCUT2D eigenvalue weighted by molar-refractivity contribution is 9.10. The van der Waals surface area contributed by atoms with Crippen molar-refractivity contribution < 1.29 is 0 Å². The molecule has 0 aliphatic carbocycles. The molecule has 0 spiro atoms. The number of benzene rings is 1. The number of halogens is 2. The molecule has 2 N–H and O–H groups in total. The molecule has 2 rings (SSSR count). The highest BCUT2D eigenvalue weighted by Crippen LogP contribution is 2.23. The molecular weight excluding hydrogens is 362 g/mol. The average Bonchev–Trinajstić information content (AvgIpc) is 2.35. The van der Waals surface area contributed by atoms with Gasteiger partial charge in [-0.1, -0.05) is 28.1 Å². The zero-order valence-corrected chi connectivity index (χ0v) is 12.7. The fraction of sp³-hybridized carbons (Fsp3) is 0.167. The fourth-order valence-electron chi connectivity index (χ4n) is 1.55. The predicted molar refractivity (Wildman–Crippen MR) is 78.7 cm³/mol. The SMILES string of the molecule is CC(Nc1nc[nH]c(=O)c1Br)c1cccc(Br)c1. The maximum Gasteiger partial charge on any atom is 0.267 e. The quantitative estimate of drug-likeness (QED) is 0.867. The molecule has 2 aromatic rings. The lowest BCUT2D eigenvalue weighted by Crippen LogP contribution is -2.14. The molecule has 0 radical (unpaired) electrons. The van der Waals surface area contributed by atoms with Gasteiger partial charge in [-0.15, -0.1) is 0 Å². The number of nitrogens with zero attached hydrogens (tertiary/aromatic N) is 1. The molecular formula is C12H11Br2N3O. The Morgan fingerprint density at radius 1 is 1.39 bits per heavy atom.